The van der Waals surface area contributed by atoms with E-state index in [-0.39, 0.29) is 12.6 Å². The van der Waals surface area contributed by atoms with E-state index in [0.717, 1.165) is 28.3 Å². The highest BCUT2D eigenvalue weighted by molar-refractivity contribution is 5.78. The Morgan fingerprint density at radius 2 is 1.52 bits per heavy atom. The Kier molecular flexibility index (Phi) is 8.92. The number of carboxylic acids is 1. The van der Waals surface area contributed by atoms with Gasteiger partial charge in [0.2, 0.25) is 0 Å². The van der Waals surface area contributed by atoms with Crippen LogP contribution >= 0.6 is 0 Å². The van der Waals surface area contributed by atoms with Gasteiger partial charge in [0, 0.05) is 23.7 Å². The summed E-state index contributed by atoms with van der Waals surface area (Å²) < 4.78 is 10.9. The molecule has 0 radical (unpaired) electrons. The third kappa shape index (κ3) is 6.84. The number of ether oxygens (including phenoxy) is 2. The van der Waals surface area contributed by atoms with E-state index < -0.39 is 12.1 Å². The van der Waals surface area contributed by atoms with Gasteiger partial charge in [0.1, 0.15) is 5.82 Å². The van der Waals surface area contributed by atoms with Crippen LogP contribution in [0, 0.1) is 0 Å². The SMILES string of the molecule is CC(OCCOCCN(c1cnc(-c2ccccc2)c(-c2ccccc2)n1)C(C)C)C(=O)O. The molecule has 174 valence electrons. The molecule has 0 aliphatic heterocycles. The molecule has 3 rings (SSSR count). The van der Waals surface area contributed by atoms with Crippen molar-refractivity contribution in [3.05, 3.63) is 66.9 Å². The van der Waals surface area contributed by atoms with Crippen LogP contribution in [0.1, 0.15) is 20.8 Å². The quantitative estimate of drug-likeness (QED) is 0.407. The van der Waals surface area contributed by atoms with Gasteiger partial charge in [-0.1, -0.05) is 60.7 Å². The number of rotatable bonds is 12. The summed E-state index contributed by atoms with van der Waals surface area (Å²) >= 11 is 0. The van der Waals surface area contributed by atoms with Gasteiger partial charge in [-0.25, -0.2) is 9.78 Å². The van der Waals surface area contributed by atoms with Crippen LogP contribution in [0.2, 0.25) is 0 Å². The summed E-state index contributed by atoms with van der Waals surface area (Å²) in [5.41, 5.74) is 3.71. The molecule has 1 aromatic heterocycles. The summed E-state index contributed by atoms with van der Waals surface area (Å²) in [6.07, 6.45) is 0.974. The second-order valence-electron chi connectivity index (χ2n) is 7.91. The maximum atomic E-state index is 10.8. The number of aromatic nitrogens is 2. The number of nitrogens with zero attached hydrogens (tertiary/aromatic N) is 3. The highest BCUT2D eigenvalue weighted by Crippen LogP contribution is 2.30. The normalized spacial score (nSPS) is 12.0. The Morgan fingerprint density at radius 1 is 0.909 bits per heavy atom. The molecule has 1 heterocycles. The van der Waals surface area contributed by atoms with Crippen molar-refractivity contribution in [2.45, 2.75) is 32.9 Å². The minimum absolute atomic E-state index is 0.192. The molecule has 0 amide bonds. The Labute approximate surface area is 195 Å². The van der Waals surface area contributed by atoms with Crippen molar-refractivity contribution in [2.75, 3.05) is 31.3 Å². The molecule has 2 aromatic carbocycles. The van der Waals surface area contributed by atoms with Gasteiger partial charge in [-0.15, -0.1) is 0 Å². The van der Waals surface area contributed by atoms with E-state index in [1.807, 2.05) is 66.9 Å². The number of carboxylic acid groups (broad SMARTS) is 1. The van der Waals surface area contributed by atoms with E-state index in [4.69, 9.17) is 24.5 Å². The predicted molar refractivity (Wildman–Crippen MR) is 129 cm³/mol. The van der Waals surface area contributed by atoms with E-state index >= 15 is 0 Å². The van der Waals surface area contributed by atoms with Crippen molar-refractivity contribution in [3.8, 4) is 22.5 Å². The lowest BCUT2D eigenvalue weighted by molar-refractivity contribution is -0.149. The molecule has 7 heteroatoms. The Bertz CT molecular complexity index is 1010. The molecule has 0 saturated carbocycles. The predicted octanol–water partition coefficient (Wildman–Crippen LogP) is 4.53. The van der Waals surface area contributed by atoms with Crippen LogP contribution in [0.25, 0.3) is 22.5 Å². The Hall–Kier alpha value is -3.29. The average molecular weight is 450 g/mol. The third-order valence-electron chi connectivity index (χ3n) is 5.19. The topological polar surface area (TPSA) is 84.8 Å². The van der Waals surface area contributed by atoms with Crippen molar-refractivity contribution in [2.24, 2.45) is 0 Å². The van der Waals surface area contributed by atoms with Crippen molar-refractivity contribution >= 4 is 11.8 Å². The molecule has 0 fully saturated rings. The van der Waals surface area contributed by atoms with Crippen molar-refractivity contribution < 1.29 is 19.4 Å². The fourth-order valence-electron chi connectivity index (χ4n) is 3.38. The Morgan fingerprint density at radius 3 is 2.09 bits per heavy atom. The van der Waals surface area contributed by atoms with E-state index in [1.165, 1.54) is 6.92 Å². The summed E-state index contributed by atoms with van der Waals surface area (Å²) in [5, 5.41) is 8.86. The van der Waals surface area contributed by atoms with Gasteiger partial charge in [0.05, 0.1) is 37.4 Å². The van der Waals surface area contributed by atoms with Gasteiger partial charge in [0.15, 0.2) is 6.10 Å². The molecular formula is C26H31N3O4. The van der Waals surface area contributed by atoms with Crippen molar-refractivity contribution in [3.63, 3.8) is 0 Å². The summed E-state index contributed by atoms with van der Waals surface area (Å²) in [6, 6.07) is 20.3. The molecular weight excluding hydrogens is 418 g/mol. The zero-order valence-corrected chi connectivity index (χ0v) is 19.3. The molecule has 0 spiro atoms. The first-order chi connectivity index (χ1) is 16.0. The minimum atomic E-state index is -0.979. The number of anilines is 1. The maximum absolute atomic E-state index is 10.8. The lowest BCUT2D eigenvalue weighted by Gasteiger charge is -2.28. The number of benzene rings is 2. The number of hydrogen-bond acceptors (Lipinski definition) is 6. The molecule has 3 aromatic rings. The largest absolute Gasteiger partial charge is 0.479 e. The second-order valence-corrected chi connectivity index (χ2v) is 7.91. The van der Waals surface area contributed by atoms with E-state index in [1.54, 1.807) is 0 Å². The summed E-state index contributed by atoms with van der Waals surface area (Å²) in [4.78, 5) is 22.8. The second kappa shape index (κ2) is 12.1. The van der Waals surface area contributed by atoms with Crippen LogP contribution in [-0.2, 0) is 14.3 Å². The first-order valence-corrected chi connectivity index (χ1v) is 11.1. The molecule has 0 aliphatic carbocycles. The van der Waals surface area contributed by atoms with Gasteiger partial charge in [-0.05, 0) is 20.8 Å². The van der Waals surface area contributed by atoms with E-state index in [0.29, 0.717) is 19.8 Å². The lowest BCUT2D eigenvalue weighted by Crippen LogP contribution is -2.35. The molecule has 0 aliphatic rings. The molecule has 0 saturated heterocycles. The van der Waals surface area contributed by atoms with Crippen LogP contribution in [0.15, 0.2) is 66.9 Å². The van der Waals surface area contributed by atoms with E-state index in [2.05, 4.69) is 18.7 Å². The van der Waals surface area contributed by atoms with Gasteiger partial charge in [0.25, 0.3) is 0 Å². The summed E-state index contributed by atoms with van der Waals surface area (Å²) in [5.74, 6) is -0.199. The van der Waals surface area contributed by atoms with Crippen LogP contribution in [0.4, 0.5) is 5.82 Å². The first-order valence-electron chi connectivity index (χ1n) is 11.1. The van der Waals surface area contributed by atoms with E-state index in [9.17, 15) is 4.79 Å². The minimum Gasteiger partial charge on any atom is -0.479 e. The molecule has 1 N–H and O–H groups in total. The van der Waals surface area contributed by atoms with Crippen LogP contribution in [0.3, 0.4) is 0 Å². The highest BCUT2D eigenvalue weighted by Gasteiger charge is 2.17. The number of aliphatic carboxylic acids is 1. The fraction of sp³-hybridized carbons (Fsp3) is 0.346. The molecule has 0 bridgehead atoms. The zero-order chi connectivity index (χ0) is 23.6. The number of hydrogen-bond donors (Lipinski definition) is 1. The highest BCUT2D eigenvalue weighted by atomic mass is 16.5. The molecule has 7 nitrogen and oxygen atoms in total. The smallest absolute Gasteiger partial charge is 0.332 e. The molecule has 1 atom stereocenters. The molecule has 1 unspecified atom stereocenters. The maximum Gasteiger partial charge on any atom is 0.332 e. The standard InChI is InChI=1S/C26H31N3O4/c1-19(2)29(14-15-32-16-17-33-20(3)26(30)31)23-18-27-24(21-10-6-4-7-11-21)25(28-23)22-12-8-5-9-13-22/h4-13,18-20H,14-17H2,1-3H3,(H,30,31). The first kappa shape index (κ1) is 24.4. The monoisotopic (exact) mass is 449 g/mol. The van der Waals surface area contributed by atoms with Gasteiger partial charge in [-0.3, -0.25) is 4.98 Å². The summed E-state index contributed by atoms with van der Waals surface area (Å²) in [6.45, 7) is 7.37. The lowest BCUT2D eigenvalue weighted by atomic mass is 10.0. The Balaban J connectivity index is 1.75. The fourth-order valence-corrected chi connectivity index (χ4v) is 3.38. The average Bonchev–Trinajstić information content (AvgIpc) is 2.84. The zero-order valence-electron chi connectivity index (χ0n) is 19.3. The van der Waals surface area contributed by atoms with Gasteiger partial charge >= 0.3 is 5.97 Å². The third-order valence-corrected chi connectivity index (χ3v) is 5.19. The molecule has 33 heavy (non-hydrogen) atoms. The summed E-state index contributed by atoms with van der Waals surface area (Å²) in [7, 11) is 0. The van der Waals surface area contributed by atoms with Crippen LogP contribution < -0.4 is 4.90 Å². The van der Waals surface area contributed by atoms with Crippen molar-refractivity contribution in [1.29, 1.82) is 0 Å². The van der Waals surface area contributed by atoms with Gasteiger partial charge in [-0.2, -0.15) is 0 Å². The van der Waals surface area contributed by atoms with Gasteiger partial charge < -0.3 is 19.5 Å². The van der Waals surface area contributed by atoms with Crippen LogP contribution in [0.5, 0.6) is 0 Å². The number of carbonyl (C=O) groups is 1. The van der Waals surface area contributed by atoms with Crippen LogP contribution in [-0.4, -0.2) is 59.6 Å². The van der Waals surface area contributed by atoms with Crippen molar-refractivity contribution in [1.82, 2.24) is 9.97 Å².